The first-order chi connectivity index (χ1) is 15.6. The van der Waals surface area contributed by atoms with E-state index in [0.717, 1.165) is 5.56 Å². The molecular weight excluding hydrogens is 596 g/mol. The summed E-state index contributed by atoms with van der Waals surface area (Å²) in [4.78, 5) is 12.6. The van der Waals surface area contributed by atoms with Crippen LogP contribution in [-0.4, -0.2) is 14.3 Å². The van der Waals surface area contributed by atoms with Crippen LogP contribution in [0.25, 0.3) is 6.08 Å². The summed E-state index contributed by atoms with van der Waals surface area (Å²) in [6, 6.07) is 17.5. The second kappa shape index (κ2) is 10.5. The van der Waals surface area contributed by atoms with Crippen LogP contribution in [0, 0.1) is 18.3 Å². The van der Waals surface area contributed by atoms with Gasteiger partial charge in [-0.05, 0) is 77.5 Å². The van der Waals surface area contributed by atoms with E-state index in [1.54, 1.807) is 42.5 Å². The molecule has 0 spiro atoms. The quantitative estimate of drug-likeness (QED) is 0.196. The van der Waals surface area contributed by atoms with Crippen LogP contribution in [0.2, 0.25) is 5.02 Å². The largest absolute Gasteiger partial charge is 0.377 e. The topological polar surface area (TPSA) is 96.3 Å². The van der Waals surface area contributed by atoms with Crippen molar-refractivity contribution in [3.05, 3.63) is 91.3 Å². The van der Waals surface area contributed by atoms with Crippen LogP contribution >= 0.6 is 43.5 Å². The predicted molar refractivity (Wildman–Crippen MR) is 135 cm³/mol. The molecule has 3 rings (SSSR count). The fourth-order valence-electron chi connectivity index (χ4n) is 2.67. The van der Waals surface area contributed by atoms with Gasteiger partial charge in [0.25, 0.3) is 5.91 Å². The van der Waals surface area contributed by atoms with Crippen LogP contribution in [0.1, 0.15) is 11.1 Å². The summed E-state index contributed by atoms with van der Waals surface area (Å²) in [6.45, 7) is 1.84. The molecule has 0 unspecified atom stereocenters. The van der Waals surface area contributed by atoms with Gasteiger partial charge in [-0.25, -0.2) is 0 Å². The van der Waals surface area contributed by atoms with Crippen LogP contribution < -0.4 is 9.50 Å². The monoisotopic (exact) mass is 608 g/mol. The van der Waals surface area contributed by atoms with Gasteiger partial charge in [-0.2, -0.15) is 13.7 Å². The number of hydrogen-bond acceptors (Lipinski definition) is 5. The zero-order chi connectivity index (χ0) is 24.2. The van der Waals surface area contributed by atoms with Crippen LogP contribution in [0.3, 0.4) is 0 Å². The molecule has 3 aromatic rings. The predicted octanol–water partition coefficient (Wildman–Crippen LogP) is 6.49. The van der Waals surface area contributed by atoms with Gasteiger partial charge in [-0.3, -0.25) is 4.79 Å². The molecule has 1 amide bonds. The summed E-state index contributed by atoms with van der Waals surface area (Å²) in [5.74, 6) is -0.742. The van der Waals surface area contributed by atoms with Gasteiger partial charge < -0.3 is 9.50 Å². The number of nitrogens with one attached hydrogen (secondary N) is 1. The van der Waals surface area contributed by atoms with Crippen LogP contribution in [0.15, 0.2) is 80.1 Å². The van der Waals surface area contributed by atoms with E-state index in [2.05, 4.69) is 37.2 Å². The van der Waals surface area contributed by atoms with E-state index in [0.29, 0.717) is 19.7 Å². The van der Waals surface area contributed by atoms with E-state index in [1.807, 2.05) is 13.0 Å². The number of halogens is 3. The Kier molecular flexibility index (Phi) is 7.97. The molecule has 0 aromatic heterocycles. The number of anilines is 1. The Bertz CT molecular complexity index is 1380. The van der Waals surface area contributed by atoms with Crippen molar-refractivity contribution in [1.82, 2.24) is 0 Å². The third-order valence-corrected chi connectivity index (χ3v) is 6.84. The van der Waals surface area contributed by atoms with Crippen LogP contribution in [0.5, 0.6) is 5.75 Å². The molecule has 0 aliphatic heterocycles. The first-order valence-corrected chi connectivity index (χ1v) is 12.6. The molecule has 1 N–H and O–H groups in total. The first-order valence-electron chi connectivity index (χ1n) is 9.28. The molecule has 0 aliphatic carbocycles. The summed E-state index contributed by atoms with van der Waals surface area (Å²) in [6.07, 6.45) is 1.25. The average Bonchev–Trinajstić information content (AvgIpc) is 2.76. The van der Waals surface area contributed by atoms with Gasteiger partial charge >= 0.3 is 10.1 Å². The number of amides is 1. The van der Waals surface area contributed by atoms with Gasteiger partial charge in [0.15, 0.2) is 5.75 Å². The third kappa shape index (κ3) is 6.45. The normalized spacial score (nSPS) is 11.5. The minimum absolute atomic E-state index is 0.0289. The summed E-state index contributed by atoms with van der Waals surface area (Å²) in [5, 5.41) is 12.7. The summed E-state index contributed by atoms with van der Waals surface area (Å²) in [5.41, 5.74) is 1.29. The molecule has 0 heterocycles. The number of carbonyl (C=O) groups excluding carboxylic acids is 1. The highest BCUT2D eigenvalue weighted by Crippen LogP contribution is 2.36. The number of aryl methyl sites for hydroxylation is 1. The average molecular weight is 611 g/mol. The fourth-order valence-corrected chi connectivity index (χ4v) is 5.22. The van der Waals surface area contributed by atoms with E-state index in [-0.39, 0.29) is 21.8 Å². The molecule has 0 bridgehead atoms. The maximum atomic E-state index is 12.8. The van der Waals surface area contributed by atoms with Gasteiger partial charge in [-0.1, -0.05) is 45.2 Å². The Morgan fingerprint density at radius 2 is 1.73 bits per heavy atom. The second-order valence-electron chi connectivity index (χ2n) is 6.79. The van der Waals surface area contributed by atoms with E-state index in [9.17, 15) is 18.5 Å². The van der Waals surface area contributed by atoms with E-state index in [1.165, 1.54) is 24.3 Å². The molecule has 3 aromatic carbocycles. The number of carbonyl (C=O) groups is 1. The standard InChI is InChI=1S/C23H15Br2ClN2O4S/c1-14-2-8-20(9-3-14)33(30,31)32-22-15(11-17(24)12-21(22)25)10-16(13-27)23(29)28-19-6-4-18(26)5-7-19/h2-12H,1H3,(H,28,29)/b16-10+. The van der Waals surface area contributed by atoms with Crippen molar-refractivity contribution in [2.24, 2.45) is 0 Å². The van der Waals surface area contributed by atoms with Gasteiger partial charge in [0, 0.05) is 20.7 Å². The van der Waals surface area contributed by atoms with Gasteiger partial charge in [0.1, 0.15) is 16.5 Å². The van der Waals surface area contributed by atoms with E-state index in [4.69, 9.17) is 15.8 Å². The van der Waals surface area contributed by atoms with E-state index >= 15 is 0 Å². The lowest BCUT2D eigenvalue weighted by molar-refractivity contribution is -0.112. The highest BCUT2D eigenvalue weighted by atomic mass is 79.9. The maximum Gasteiger partial charge on any atom is 0.339 e. The van der Waals surface area contributed by atoms with Crippen molar-refractivity contribution in [1.29, 1.82) is 5.26 Å². The van der Waals surface area contributed by atoms with Gasteiger partial charge in [0.05, 0.1) is 4.47 Å². The molecule has 0 aliphatic rings. The molecule has 0 saturated heterocycles. The minimum atomic E-state index is -4.17. The van der Waals surface area contributed by atoms with E-state index < -0.39 is 16.0 Å². The number of nitriles is 1. The molecule has 33 heavy (non-hydrogen) atoms. The molecule has 0 saturated carbocycles. The summed E-state index contributed by atoms with van der Waals surface area (Å²) in [7, 11) is -4.17. The first kappa shape index (κ1) is 25.0. The lowest BCUT2D eigenvalue weighted by Gasteiger charge is -2.13. The molecule has 10 heteroatoms. The third-order valence-electron chi connectivity index (χ3n) is 4.31. The van der Waals surface area contributed by atoms with Crippen molar-refractivity contribution in [3.63, 3.8) is 0 Å². The van der Waals surface area contributed by atoms with Crippen molar-refractivity contribution in [3.8, 4) is 11.8 Å². The molecule has 6 nitrogen and oxygen atoms in total. The molecule has 0 fully saturated rings. The van der Waals surface area contributed by atoms with Crippen molar-refractivity contribution < 1.29 is 17.4 Å². The van der Waals surface area contributed by atoms with Crippen molar-refractivity contribution >= 4 is 71.2 Å². The van der Waals surface area contributed by atoms with Crippen molar-refractivity contribution in [2.75, 3.05) is 5.32 Å². The second-order valence-corrected chi connectivity index (χ2v) is 10.5. The van der Waals surface area contributed by atoms with Gasteiger partial charge in [0.2, 0.25) is 0 Å². The molecule has 168 valence electrons. The highest BCUT2D eigenvalue weighted by Gasteiger charge is 2.22. The lowest BCUT2D eigenvalue weighted by atomic mass is 10.1. The lowest BCUT2D eigenvalue weighted by Crippen LogP contribution is -2.14. The maximum absolute atomic E-state index is 12.8. The zero-order valence-corrected chi connectivity index (χ0v) is 21.7. The van der Waals surface area contributed by atoms with Crippen LogP contribution in [-0.2, 0) is 14.9 Å². The SMILES string of the molecule is Cc1ccc(S(=O)(=O)Oc2c(Br)cc(Br)cc2/C=C(\C#N)C(=O)Nc2ccc(Cl)cc2)cc1. The Labute approximate surface area is 213 Å². The Morgan fingerprint density at radius 3 is 2.33 bits per heavy atom. The Balaban J connectivity index is 1.99. The Morgan fingerprint density at radius 1 is 1.09 bits per heavy atom. The van der Waals surface area contributed by atoms with Crippen LogP contribution in [0.4, 0.5) is 5.69 Å². The smallest absolute Gasteiger partial charge is 0.339 e. The molecule has 0 radical (unpaired) electrons. The van der Waals surface area contributed by atoms with Crippen molar-refractivity contribution in [2.45, 2.75) is 11.8 Å². The van der Waals surface area contributed by atoms with Gasteiger partial charge in [-0.15, -0.1) is 0 Å². The highest BCUT2D eigenvalue weighted by molar-refractivity contribution is 9.11. The number of nitrogens with zero attached hydrogens (tertiary/aromatic N) is 1. The number of benzene rings is 3. The minimum Gasteiger partial charge on any atom is -0.377 e. The zero-order valence-electron chi connectivity index (χ0n) is 17.0. The number of hydrogen-bond donors (Lipinski definition) is 1. The Hall–Kier alpha value is -2.64. The molecule has 0 atom stereocenters. The fraction of sp³-hybridized carbons (Fsp3) is 0.0435. The summed E-state index contributed by atoms with van der Waals surface area (Å²) >= 11 is 12.5. The molecular formula is C23H15Br2ClN2O4S. The summed E-state index contributed by atoms with van der Waals surface area (Å²) < 4.78 is 32.0. The number of rotatable bonds is 6.